The minimum atomic E-state index is -0.151. The second-order valence-electron chi connectivity index (χ2n) is 10.3. The van der Waals surface area contributed by atoms with Crippen LogP contribution in [0.1, 0.15) is 53.2 Å². The van der Waals surface area contributed by atoms with Gasteiger partial charge in [0.2, 0.25) is 5.91 Å². The molecule has 0 bridgehead atoms. The van der Waals surface area contributed by atoms with Gasteiger partial charge in [-0.1, -0.05) is 80.4 Å². The van der Waals surface area contributed by atoms with Gasteiger partial charge in [-0.05, 0) is 54.2 Å². The van der Waals surface area contributed by atoms with E-state index >= 15 is 0 Å². The summed E-state index contributed by atoms with van der Waals surface area (Å²) in [5, 5.41) is 1.17. The third-order valence-electron chi connectivity index (χ3n) is 7.34. The molecule has 4 aromatic rings. The second-order valence-corrected chi connectivity index (χ2v) is 10.3. The molecule has 0 spiro atoms. The Morgan fingerprint density at radius 1 is 0.800 bits per heavy atom. The zero-order chi connectivity index (χ0) is 28.2. The maximum Gasteiger partial charge on any atom is 0.254 e. The summed E-state index contributed by atoms with van der Waals surface area (Å²) in [6, 6.07) is 26.0. The topological polar surface area (TPSA) is 65.6 Å². The van der Waals surface area contributed by atoms with Gasteiger partial charge in [-0.15, -0.1) is 0 Å². The number of aromatic amines is 1. The molecule has 6 heteroatoms. The zero-order valence-electron chi connectivity index (χ0n) is 23.8. The number of benzene rings is 3. The van der Waals surface area contributed by atoms with E-state index < -0.39 is 0 Å². The number of nitrogens with zero attached hydrogens (tertiary/aromatic N) is 2. The molecule has 4 rings (SSSR count). The standard InChI is InChI=1S/C34H41N3O3/c1-3-4-6-11-27-16-18-29(19-17-27)34(39)37(22-23-40-2)26-33(38)36(25-28-12-7-5-8-13-28)21-20-30-24-35-32-15-10-9-14-31(30)32/h5,7-10,12-19,24,35H,3-4,6,11,20-23,25-26H2,1-2H3. The first kappa shape index (κ1) is 29.1. The summed E-state index contributed by atoms with van der Waals surface area (Å²) < 4.78 is 5.29. The molecule has 3 aromatic carbocycles. The van der Waals surface area contributed by atoms with Crippen molar-refractivity contribution in [1.82, 2.24) is 14.8 Å². The average molecular weight is 540 g/mol. The molecule has 0 aliphatic heterocycles. The fraction of sp³-hybridized carbons (Fsp3) is 0.353. The van der Waals surface area contributed by atoms with Crippen LogP contribution < -0.4 is 0 Å². The number of nitrogens with one attached hydrogen (secondary N) is 1. The molecular weight excluding hydrogens is 498 g/mol. The van der Waals surface area contributed by atoms with Crippen LogP contribution in [0.5, 0.6) is 0 Å². The summed E-state index contributed by atoms with van der Waals surface area (Å²) in [5.41, 5.74) is 5.15. The summed E-state index contributed by atoms with van der Waals surface area (Å²) >= 11 is 0. The molecular formula is C34H41N3O3. The van der Waals surface area contributed by atoms with Crippen LogP contribution in [0.15, 0.2) is 85.1 Å². The van der Waals surface area contributed by atoms with Gasteiger partial charge in [-0.2, -0.15) is 0 Å². The highest BCUT2D eigenvalue weighted by Crippen LogP contribution is 2.19. The molecule has 0 atom stereocenters. The fourth-order valence-corrected chi connectivity index (χ4v) is 4.98. The van der Waals surface area contributed by atoms with E-state index in [0.717, 1.165) is 23.9 Å². The van der Waals surface area contributed by atoms with E-state index in [1.54, 1.807) is 12.0 Å². The van der Waals surface area contributed by atoms with Gasteiger partial charge < -0.3 is 19.5 Å². The fourth-order valence-electron chi connectivity index (χ4n) is 4.98. The van der Waals surface area contributed by atoms with Crippen LogP contribution in [-0.2, 0) is 28.9 Å². The van der Waals surface area contributed by atoms with E-state index in [0.29, 0.717) is 38.2 Å². The van der Waals surface area contributed by atoms with Crippen LogP contribution in [0, 0.1) is 0 Å². The Morgan fingerprint density at radius 2 is 1.55 bits per heavy atom. The van der Waals surface area contributed by atoms with Crippen molar-refractivity contribution < 1.29 is 14.3 Å². The number of unbranched alkanes of at least 4 members (excludes halogenated alkanes) is 2. The van der Waals surface area contributed by atoms with Crippen molar-refractivity contribution in [2.75, 3.05) is 33.4 Å². The minimum absolute atomic E-state index is 0.00115. The molecule has 0 aliphatic rings. The van der Waals surface area contributed by atoms with E-state index in [1.807, 2.05) is 77.8 Å². The van der Waals surface area contributed by atoms with Crippen molar-refractivity contribution in [1.29, 1.82) is 0 Å². The Bertz CT molecular complexity index is 1350. The molecule has 1 N–H and O–H groups in total. The van der Waals surface area contributed by atoms with Crippen molar-refractivity contribution in [3.05, 3.63) is 107 Å². The van der Waals surface area contributed by atoms with Gasteiger partial charge in [0.05, 0.1) is 6.61 Å². The van der Waals surface area contributed by atoms with Gasteiger partial charge >= 0.3 is 0 Å². The number of carbonyl (C=O) groups excluding carboxylic acids is 2. The van der Waals surface area contributed by atoms with Crippen molar-refractivity contribution in [2.45, 2.75) is 45.6 Å². The SMILES string of the molecule is CCCCCc1ccc(C(=O)N(CCOC)CC(=O)N(CCc2c[nH]c3ccccc23)Cc2ccccc2)cc1. The third-order valence-corrected chi connectivity index (χ3v) is 7.34. The van der Waals surface area contributed by atoms with Crippen LogP contribution in [0.4, 0.5) is 0 Å². The Kier molecular flexibility index (Phi) is 10.9. The van der Waals surface area contributed by atoms with Crippen LogP contribution in [0.3, 0.4) is 0 Å². The van der Waals surface area contributed by atoms with Gasteiger partial charge in [-0.3, -0.25) is 9.59 Å². The normalized spacial score (nSPS) is 11.1. The van der Waals surface area contributed by atoms with Crippen molar-refractivity contribution in [2.24, 2.45) is 0 Å². The van der Waals surface area contributed by atoms with Crippen LogP contribution in [0.25, 0.3) is 10.9 Å². The third kappa shape index (κ3) is 8.06. The van der Waals surface area contributed by atoms with E-state index in [1.165, 1.54) is 29.4 Å². The minimum Gasteiger partial charge on any atom is -0.383 e. The molecule has 1 heterocycles. The number of fused-ring (bicyclic) bond motifs is 1. The van der Waals surface area contributed by atoms with Crippen LogP contribution in [-0.4, -0.2) is 59.9 Å². The monoisotopic (exact) mass is 539 g/mol. The largest absolute Gasteiger partial charge is 0.383 e. The summed E-state index contributed by atoms with van der Waals surface area (Å²) in [5.74, 6) is -0.230. The predicted octanol–water partition coefficient (Wildman–Crippen LogP) is 6.26. The predicted molar refractivity (Wildman–Crippen MR) is 161 cm³/mol. The summed E-state index contributed by atoms with van der Waals surface area (Å²) in [6.07, 6.45) is 7.28. The quantitative estimate of drug-likeness (QED) is 0.181. The highest BCUT2D eigenvalue weighted by atomic mass is 16.5. The van der Waals surface area contributed by atoms with Crippen LogP contribution in [0.2, 0.25) is 0 Å². The van der Waals surface area contributed by atoms with Gasteiger partial charge in [0.25, 0.3) is 5.91 Å². The second kappa shape index (κ2) is 15.0. The maximum absolute atomic E-state index is 13.8. The van der Waals surface area contributed by atoms with Crippen LogP contribution >= 0.6 is 0 Å². The Morgan fingerprint density at radius 3 is 2.30 bits per heavy atom. The molecule has 0 radical (unpaired) electrons. The van der Waals surface area contributed by atoms with E-state index in [2.05, 4.69) is 24.0 Å². The molecule has 6 nitrogen and oxygen atoms in total. The summed E-state index contributed by atoms with van der Waals surface area (Å²) in [4.78, 5) is 34.1. The highest BCUT2D eigenvalue weighted by Gasteiger charge is 2.23. The number of carbonyl (C=O) groups is 2. The van der Waals surface area contributed by atoms with E-state index in [4.69, 9.17) is 4.74 Å². The number of hydrogen-bond donors (Lipinski definition) is 1. The molecule has 0 saturated carbocycles. The molecule has 2 amide bonds. The van der Waals surface area contributed by atoms with Crippen molar-refractivity contribution in [3.63, 3.8) is 0 Å². The van der Waals surface area contributed by atoms with E-state index in [9.17, 15) is 9.59 Å². The Balaban J connectivity index is 1.48. The molecule has 1 aromatic heterocycles. The first-order valence-electron chi connectivity index (χ1n) is 14.3. The molecule has 40 heavy (non-hydrogen) atoms. The average Bonchev–Trinajstić information content (AvgIpc) is 3.41. The smallest absolute Gasteiger partial charge is 0.254 e. The van der Waals surface area contributed by atoms with E-state index in [-0.39, 0.29) is 18.4 Å². The van der Waals surface area contributed by atoms with Crippen molar-refractivity contribution in [3.8, 4) is 0 Å². The maximum atomic E-state index is 13.8. The Labute approximate surface area is 238 Å². The van der Waals surface area contributed by atoms with Gasteiger partial charge in [0.1, 0.15) is 6.54 Å². The van der Waals surface area contributed by atoms with Gasteiger partial charge in [0.15, 0.2) is 0 Å². The molecule has 0 fully saturated rings. The lowest BCUT2D eigenvalue weighted by molar-refractivity contribution is -0.132. The number of aromatic nitrogens is 1. The Hall–Kier alpha value is -3.90. The van der Waals surface area contributed by atoms with Gasteiger partial charge in [-0.25, -0.2) is 0 Å². The number of aryl methyl sites for hydroxylation is 1. The highest BCUT2D eigenvalue weighted by molar-refractivity contribution is 5.96. The lowest BCUT2D eigenvalue weighted by Gasteiger charge is -2.28. The first-order chi connectivity index (χ1) is 19.6. The molecule has 0 aliphatic carbocycles. The lowest BCUT2D eigenvalue weighted by atomic mass is 10.0. The molecule has 0 unspecified atom stereocenters. The lowest BCUT2D eigenvalue weighted by Crippen LogP contribution is -2.44. The number of para-hydroxylation sites is 1. The molecule has 0 saturated heterocycles. The number of methoxy groups -OCH3 is 1. The zero-order valence-corrected chi connectivity index (χ0v) is 23.8. The summed E-state index contributed by atoms with van der Waals surface area (Å²) in [6.45, 7) is 3.94. The number of ether oxygens (including phenoxy) is 1. The first-order valence-corrected chi connectivity index (χ1v) is 14.3. The molecule has 210 valence electrons. The number of H-pyrrole nitrogens is 1. The number of rotatable bonds is 15. The number of amides is 2. The summed E-state index contributed by atoms with van der Waals surface area (Å²) in [7, 11) is 1.61. The number of hydrogen-bond acceptors (Lipinski definition) is 3. The van der Waals surface area contributed by atoms with Gasteiger partial charge in [0, 0.05) is 49.4 Å². The van der Waals surface area contributed by atoms with Crippen molar-refractivity contribution >= 4 is 22.7 Å².